The second-order valence-electron chi connectivity index (χ2n) is 7.80. The maximum atomic E-state index is 12.8. The highest BCUT2D eigenvalue weighted by atomic mass is 32.2. The number of aromatic nitrogens is 4. The van der Waals surface area contributed by atoms with E-state index in [1.807, 2.05) is 17.8 Å². The Morgan fingerprint density at radius 2 is 2.04 bits per heavy atom. The van der Waals surface area contributed by atoms with Crippen LogP contribution in [0.2, 0.25) is 0 Å². The van der Waals surface area contributed by atoms with Gasteiger partial charge in [0.15, 0.2) is 5.82 Å². The molecule has 9 nitrogen and oxygen atoms in total. The van der Waals surface area contributed by atoms with E-state index in [9.17, 15) is 8.42 Å². The molecule has 1 unspecified atom stereocenters. The first-order chi connectivity index (χ1) is 12.8. The summed E-state index contributed by atoms with van der Waals surface area (Å²) in [4.78, 5) is 8.82. The van der Waals surface area contributed by atoms with E-state index in [1.54, 1.807) is 24.5 Å². The van der Waals surface area contributed by atoms with Gasteiger partial charge >= 0.3 is 0 Å². The molecule has 2 aliphatic rings. The lowest BCUT2D eigenvalue weighted by atomic mass is 9.72. The van der Waals surface area contributed by atoms with Crippen molar-refractivity contribution in [2.45, 2.75) is 37.9 Å². The molecule has 0 N–H and O–H groups in total. The highest BCUT2D eigenvalue weighted by molar-refractivity contribution is 7.89. The normalized spacial score (nSPS) is 23.5. The fourth-order valence-electron chi connectivity index (χ4n) is 4.06. The van der Waals surface area contributed by atoms with Gasteiger partial charge in [0.1, 0.15) is 5.69 Å². The third kappa shape index (κ3) is 3.19. The topological polar surface area (TPSA) is 103 Å². The van der Waals surface area contributed by atoms with Crippen LogP contribution >= 0.6 is 0 Å². The first kappa shape index (κ1) is 18.6. The van der Waals surface area contributed by atoms with Crippen molar-refractivity contribution in [1.29, 1.82) is 0 Å². The van der Waals surface area contributed by atoms with Gasteiger partial charge in [0.2, 0.25) is 10.0 Å². The molecule has 0 amide bonds. The third-order valence-electron chi connectivity index (χ3n) is 5.74. The second-order valence-corrected chi connectivity index (χ2v) is 10.3. The minimum Gasteiger partial charge on any atom is -0.381 e. The highest BCUT2D eigenvalue weighted by Gasteiger charge is 2.53. The molecule has 10 heteroatoms. The van der Waals surface area contributed by atoms with Crippen molar-refractivity contribution in [3.05, 3.63) is 18.3 Å². The first-order valence-electron chi connectivity index (χ1n) is 9.20. The lowest BCUT2D eigenvalue weighted by Gasteiger charge is -2.36. The minimum absolute atomic E-state index is 0.115. The van der Waals surface area contributed by atoms with Crippen LogP contribution in [0.15, 0.2) is 17.0 Å². The van der Waals surface area contributed by atoms with E-state index in [4.69, 9.17) is 9.26 Å². The molecule has 27 heavy (non-hydrogen) atoms. The van der Waals surface area contributed by atoms with Crippen LogP contribution in [-0.4, -0.2) is 64.0 Å². The van der Waals surface area contributed by atoms with Crippen LogP contribution in [0.1, 0.15) is 38.4 Å². The maximum absolute atomic E-state index is 12.8. The highest BCUT2D eigenvalue weighted by Crippen LogP contribution is 2.49. The van der Waals surface area contributed by atoms with Gasteiger partial charge in [0, 0.05) is 45.5 Å². The molecule has 4 rings (SSSR count). The zero-order chi connectivity index (χ0) is 19.2. The van der Waals surface area contributed by atoms with Gasteiger partial charge < -0.3 is 13.8 Å². The number of aryl methyl sites for hydroxylation is 1. The molecule has 148 valence electrons. The van der Waals surface area contributed by atoms with Crippen LogP contribution in [0.5, 0.6) is 0 Å². The maximum Gasteiger partial charge on any atom is 0.278 e. The molecule has 0 aliphatic carbocycles. The van der Waals surface area contributed by atoms with E-state index in [2.05, 4.69) is 15.1 Å². The van der Waals surface area contributed by atoms with Crippen LogP contribution in [0.25, 0.3) is 11.6 Å². The van der Waals surface area contributed by atoms with Crippen molar-refractivity contribution >= 4 is 10.0 Å². The monoisotopic (exact) mass is 395 g/mol. The first-order valence-corrected chi connectivity index (χ1v) is 10.7. The van der Waals surface area contributed by atoms with Crippen molar-refractivity contribution in [1.82, 2.24) is 24.0 Å². The molecule has 0 aromatic carbocycles. The van der Waals surface area contributed by atoms with Crippen molar-refractivity contribution in [2.24, 2.45) is 12.5 Å². The summed E-state index contributed by atoms with van der Waals surface area (Å²) < 4.78 is 40.0. The van der Waals surface area contributed by atoms with Crippen LogP contribution < -0.4 is 0 Å². The predicted molar refractivity (Wildman–Crippen MR) is 97.4 cm³/mol. The van der Waals surface area contributed by atoms with E-state index in [0.717, 1.165) is 12.8 Å². The summed E-state index contributed by atoms with van der Waals surface area (Å²) in [6, 6.07) is 0. The van der Waals surface area contributed by atoms with Gasteiger partial charge in [0.25, 0.3) is 5.89 Å². The van der Waals surface area contributed by atoms with Crippen LogP contribution in [0.3, 0.4) is 0 Å². The molecule has 1 spiro atoms. The Kier molecular flexibility index (Phi) is 4.59. The standard InChI is InChI=1S/C17H25N5O4S/c1-12(2)27(23,24)22-8-13(17(10-22)4-6-25-7-5-17)15-19-16(26-20-15)14-9-21(3)11-18-14/h9,11-13H,4-8,10H2,1-3H3. The number of hydrogen-bond acceptors (Lipinski definition) is 7. The zero-order valence-electron chi connectivity index (χ0n) is 15.8. The molecule has 0 radical (unpaired) electrons. The number of ether oxygens (including phenoxy) is 1. The molecule has 0 saturated carbocycles. The fourth-order valence-corrected chi connectivity index (χ4v) is 5.45. The Morgan fingerprint density at radius 3 is 2.67 bits per heavy atom. The SMILES string of the molecule is CC(C)S(=O)(=O)N1CC(c2noc(-c3cn(C)cn3)n2)C2(CCOCC2)C1. The molecule has 1 atom stereocenters. The summed E-state index contributed by atoms with van der Waals surface area (Å²) in [6.45, 7) is 5.53. The lowest BCUT2D eigenvalue weighted by Crippen LogP contribution is -2.39. The van der Waals surface area contributed by atoms with Crippen LogP contribution in [0, 0.1) is 5.41 Å². The summed E-state index contributed by atoms with van der Waals surface area (Å²) in [5, 5.41) is 3.74. The van der Waals surface area contributed by atoms with Gasteiger partial charge in [-0.1, -0.05) is 5.16 Å². The summed E-state index contributed by atoms with van der Waals surface area (Å²) in [5.74, 6) is 0.799. The molecule has 4 heterocycles. The van der Waals surface area contributed by atoms with E-state index < -0.39 is 15.3 Å². The molecule has 2 aliphatic heterocycles. The van der Waals surface area contributed by atoms with Gasteiger partial charge in [-0.15, -0.1) is 0 Å². The quantitative estimate of drug-likeness (QED) is 0.771. The summed E-state index contributed by atoms with van der Waals surface area (Å²) in [7, 11) is -1.47. The fraction of sp³-hybridized carbons (Fsp3) is 0.706. The Hall–Kier alpha value is -1.78. The average Bonchev–Trinajstić information content (AvgIpc) is 3.34. The summed E-state index contributed by atoms with van der Waals surface area (Å²) >= 11 is 0. The number of rotatable bonds is 4. The molecular weight excluding hydrogens is 370 g/mol. The Morgan fingerprint density at radius 1 is 1.30 bits per heavy atom. The Bertz CT molecular complexity index is 913. The number of nitrogens with zero attached hydrogens (tertiary/aromatic N) is 5. The van der Waals surface area contributed by atoms with Gasteiger partial charge in [-0.3, -0.25) is 0 Å². The van der Waals surface area contributed by atoms with Gasteiger partial charge in [0.05, 0.1) is 11.6 Å². The van der Waals surface area contributed by atoms with E-state index in [-0.39, 0.29) is 11.3 Å². The van der Waals surface area contributed by atoms with Crippen molar-refractivity contribution in [3.63, 3.8) is 0 Å². The largest absolute Gasteiger partial charge is 0.381 e. The Labute approximate surface area is 158 Å². The van der Waals surface area contributed by atoms with E-state index in [0.29, 0.717) is 43.7 Å². The van der Waals surface area contributed by atoms with E-state index in [1.165, 1.54) is 0 Å². The van der Waals surface area contributed by atoms with Crippen molar-refractivity contribution in [2.75, 3.05) is 26.3 Å². The van der Waals surface area contributed by atoms with Gasteiger partial charge in [-0.05, 0) is 32.1 Å². The molecule has 2 saturated heterocycles. The minimum atomic E-state index is -3.34. The molecule has 2 aromatic heterocycles. The second kappa shape index (κ2) is 6.68. The lowest BCUT2D eigenvalue weighted by molar-refractivity contribution is 0.0132. The van der Waals surface area contributed by atoms with Crippen LogP contribution in [-0.2, 0) is 21.8 Å². The number of sulfonamides is 1. The molecule has 2 aromatic rings. The number of imidazole rings is 1. The molecule has 2 fully saturated rings. The van der Waals surface area contributed by atoms with Crippen molar-refractivity contribution < 1.29 is 17.7 Å². The van der Waals surface area contributed by atoms with Gasteiger partial charge in [-0.2, -0.15) is 4.98 Å². The zero-order valence-corrected chi connectivity index (χ0v) is 16.6. The van der Waals surface area contributed by atoms with E-state index >= 15 is 0 Å². The summed E-state index contributed by atoms with van der Waals surface area (Å²) in [6.07, 6.45) is 5.06. The predicted octanol–water partition coefficient (Wildman–Crippen LogP) is 1.40. The average molecular weight is 395 g/mol. The smallest absolute Gasteiger partial charge is 0.278 e. The molecule has 0 bridgehead atoms. The van der Waals surface area contributed by atoms with Gasteiger partial charge in [-0.25, -0.2) is 17.7 Å². The number of hydrogen-bond donors (Lipinski definition) is 0. The molecular formula is C17H25N5O4S. The summed E-state index contributed by atoms with van der Waals surface area (Å²) in [5.41, 5.74) is 0.396. The van der Waals surface area contributed by atoms with Crippen molar-refractivity contribution in [3.8, 4) is 11.6 Å². The Balaban J connectivity index is 1.68. The van der Waals surface area contributed by atoms with Crippen LogP contribution in [0.4, 0.5) is 0 Å². The third-order valence-corrected chi connectivity index (χ3v) is 7.93.